The van der Waals surface area contributed by atoms with E-state index in [9.17, 15) is 4.79 Å². The van der Waals surface area contributed by atoms with Crippen LogP contribution in [0.2, 0.25) is 0 Å². The molecule has 1 atom stereocenters. The molecule has 1 amide bonds. The number of aryl methyl sites for hydroxylation is 1. The number of hydrogen-bond donors (Lipinski definition) is 0. The van der Waals surface area contributed by atoms with E-state index in [1.807, 2.05) is 30.2 Å². The van der Waals surface area contributed by atoms with Crippen molar-refractivity contribution in [3.05, 3.63) is 53.3 Å². The largest absolute Gasteiger partial charge is 0.493 e. The van der Waals surface area contributed by atoms with Gasteiger partial charge in [-0.3, -0.25) is 9.78 Å². The van der Waals surface area contributed by atoms with E-state index in [0.29, 0.717) is 6.61 Å². The summed E-state index contributed by atoms with van der Waals surface area (Å²) in [6.07, 6.45) is 7.18. The highest BCUT2D eigenvalue weighted by Crippen LogP contribution is 2.39. The smallest absolute Gasteiger partial charge is 0.210 e. The van der Waals surface area contributed by atoms with Crippen molar-refractivity contribution in [3.63, 3.8) is 0 Å². The van der Waals surface area contributed by atoms with Gasteiger partial charge in [-0.05, 0) is 61.1 Å². The molecule has 1 aromatic carbocycles. The van der Waals surface area contributed by atoms with Crippen LogP contribution in [0.15, 0.2) is 36.7 Å². The van der Waals surface area contributed by atoms with E-state index in [1.54, 1.807) is 13.3 Å². The Kier molecular flexibility index (Phi) is 5.53. The Morgan fingerprint density at radius 3 is 2.92 bits per heavy atom. The second kappa shape index (κ2) is 8.01. The molecule has 0 bridgehead atoms. The zero-order valence-corrected chi connectivity index (χ0v) is 14.8. The van der Waals surface area contributed by atoms with E-state index in [0.717, 1.165) is 49.3 Å². The third-order valence-electron chi connectivity index (χ3n) is 4.69. The predicted octanol–water partition coefficient (Wildman–Crippen LogP) is 3.18. The summed E-state index contributed by atoms with van der Waals surface area (Å²) in [5.41, 5.74) is 3.57. The number of methoxy groups -OCH3 is 1. The van der Waals surface area contributed by atoms with Crippen LogP contribution in [0.1, 0.15) is 36.1 Å². The van der Waals surface area contributed by atoms with Crippen molar-refractivity contribution < 1.29 is 14.3 Å². The van der Waals surface area contributed by atoms with Crippen molar-refractivity contribution in [2.24, 2.45) is 0 Å². The number of nitrogens with zero attached hydrogens (tertiary/aromatic N) is 2. The van der Waals surface area contributed by atoms with Gasteiger partial charge >= 0.3 is 0 Å². The van der Waals surface area contributed by atoms with Gasteiger partial charge in [-0.15, -0.1) is 0 Å². The van der Waals surface area contributed by atoms with Gasteiger partial charge in [0.25, 0.3) is 0 Å². The number of benzene rings is 1. The van der Waals surface area contributed by atoms with Crippen LogP contribution in [0.4, 0.5) is 0 Å². The SMILES string of the molecule is CCOc1cc2c(cc1OC)CCN(C=O)[C@@H]2CCc1cccnc1. The fourth-order valence-electron chi connectivity index (χ4n) is 3.45. The molecule has 2 heterocycles. The fraction of sp³-hybridized carbons (Fsp3) is 0.400. The maximum atomic E-state index is 11.6. The highest BCUT2D eigenvalue weighted by molar-refractivity contribution is 5.55. The summed E-state index contributed by atoms with van der Waals surface area (Å²) >= 11 is 0. The number of amides is 1. The van der Waals surface area contributed by atoms with Gasteiger partial charge in [0.2, 0.25) is 6.41 Å². The molecule has 132 valence electrons. The highest BCUT2D eigenvalue weighted by atomic mass is 16.5. The van der Waals surface area contributed by atoms with Crippen LogP contribution in [-0.4, -0.2) is 36.6 Å². The first-order chi connectivity index (χ1) is 12.3. The van der Waals surface area contributed by atoms with Gasteiger partial charge in [0.05, 0.1) is 19.8 Å². The second-order valence-electron chi connectivity index (χ2n) is 6.14. The summed E-state index contributed by atoms with van der Waals surface area (Å²) < 4.78 is 11.2. The molecule has 0 saturated heterocycles. The predicted molar refractivity (Wildman–Crippen MR) is 95.9 cm³/mol. The number of carbonyl (C=O) groups excluding carboxylic acids is 1. The van der Waals surface area contributed by atoms with E-state index in [-0.39, 0.29) is 6.04 Å². The Labute approximate surface area is 148 Å². The van der Waals surface area contributed by atoms with Crippen molar-refractivity contribution in [1.29, 1.82) is 0 Å². The average molecular weight is 340 g/mol. The molecule has 0 aliphatic carbocycles. The number of fused-ring (bicyclic) bond motifs is 1. The first kappa shape index (κ1) is 17.3. The summed E-state index contributed by atoms with van der Waals surface area (Å²) in [5, 5.41) is 0. The average Bonchev–Trinajstić information content (AvgIpc) is 2.66. The molecule has 0 spiro atoms. The molecule has 0 N–H and O–H groups in total. The summed E-state index contributed by atoms with van der Waals surface area (Å²) in [7, 11) is 1.66. The Morgan fingerprint density at radius 2 is 2.24 bits per heavy atom. The van der Waals surface area contributed by atoms with E-state index in [2.05, 4.69) is 17.1 Å². The van der Waals surface area contributed by atoms with Gasteiger partial charge in [-0.25, -0.2) is 0 Å². The first-order valence-corrected chi connectivity index (χ1v) is 8.70. The normalized spacial score (nSPS) is 16.2. The van der Waals surface area contributed by atoms with Crippen LogP contribution in [0, 0.1) is 0 Å². The second-order valence-corrected chi connectivity index (χ2v) is 6.14. The molecule has 3 rings (SSSR count). The quantitative estimate of drug-likeness (QED) is 0.727. The zero-order chi connectivity index (χ0) is 17.6. The minimum atomic E-state index is 0.0477. The third kappa shape index (κ3) is 3.76. The Bertz CT molecular complexity index is 718. The van der Waals surface area contributed by atoms with Gasteiger partial charge < -0.3 is 14.4 Å². The number of aromatic nitrogens is 1. The lowest BCUT2D eigenvalue weighted by Crippen LogP contribution is -2.34. The van der Waals surface area contributed by atoms with Crippen molar-refractivity contribution in [2.45, 2.75) is 32.2 Å². The molecule has 25 heavy (non-hydrogen) atoms. The lowest BCUT2D eigenvalue weighted by atomic mass is 9.89. The molecule has 0 fully saturated rings. The van der Waals surface area contributed by atoms with Gasteiger partial charge in [-0.1, -0.05) is 6.07 Å². The molecular weight excluding hydrogens is 316 g/mol. The lowest BCUT2D eigenvalue weighted by molar-refractivity contribution is -0.120. The minimum Gasteiger partial charge on any atom is -0.493 e. The maximum Gasteiger partial charge on any atom is 0.210 e. The minimum absolute atomic E-state index is 0.0477. The molecule has 0 unspecified atom stereocenters. The number of rotatable bonds is 7. The van der Waals surface area contributed by atoms with E-state index in [1.165, 1.54) is 11.1 Å². The first-order valence-electron chi connectivity index (χ1n) is 8.70. The maximum absolute atomic E-state index is 11.6. The third-order valence-corrected chi connectivity index (χ3v) is 4.69. The molecule has 1 aliphatic heterocycles. The molecule has 0 saturated carbocycles. The Morgan fingerprint density at radius 1 is 1.36 bits per heavy atom. The standard InChI is InChI=1S/C20H24N2O3/c1-3-25-20-12-17-16(11-19(20)24-2)8-10-22(14-23)18(17)7-6-15-5-4-9-21-13-15/h4-5,9,11-14,18H,3,6-8,10H2,1-2H3/t18-/m1/s1. The van der Waals surface area contributed by atoms with E-state index >= 15 is 0 Å². The van der Waals surface area contributed by atoms with Gasteiger partial charge in [0.1, 0.15) is 0 Å². The summed E-state index contributed by atoms with van der Waals surface area (Å²) in [4.78, 5) is 17.6. The van der Waals surface area contributed by atoms with Crippen LogP contribution in [-0.2, 0) is 17.6 Å². The van der Waals surface area contributed by atoms with Gasteiger partial charge in [-0.2, -0.15) is 0 Å². The van der Waals surface area contributed by atoms with Crippen LogP contribution in [0.3, 0.4) is 0 Å². The zero-order valence-electron chi connectivity index (χ0n) is 14.8. The number of hydrogen-bond acceptors (Lipinski definition) is 4. The molecule has 0 radical (unpaired) electrons. The number of pyridine rings is 1. The van der Waals surface area contributed by atoms with Gasteiger partial charge in [0, 0.05) is 18.9 Å². The summed E-state index contributed by atoms with van der Waals surface area (Å²) in [5.74, 6) is 1.49. The Balaban J connectivity index is 1.90. The number of carbonyl (C=O) groups is 1. The van der Waals surface area contributed by atoms with Crippen LogP contribution in [0.25, 0.3) is 0 Å². The summed E-state index contributed by atoms with van der Waals surface area (Å²) in [6, 6.07) is 8.16. The molecule has 1 aromatic heterocycles. The molecule has 5 heteroatoms. The fourth-order valence-corrected chi connectivity index (χ4v) is 3.45. The van der Waals surface area contributed by atoms with Crippen LogP contribution < -0.4 is 9.47 Å². The van der Waals surface area contributed by atoms with Crippen molar-refractivity contribution >= 4 is 6.41 Å². The van der Waals surface area contributed by atoms with Crippen molar-refractivity contribution in [2.75, 3.05) is 20.3 Å². The van der Waals surface area contributed by atoms with Crippen molar-refractivity contribution in [3.8, 4) is 11.5 Å². The highest BCUT2D eigenvalue weighted by Gasteiger charge is 2.28. The molecular formula is C20H24N2O3. The molecule has 1 aliphatic rings. The van der Waals surface area contributed by atoms with E-state index < -0.39 is 0 Å². The Hall–Kier alpha value is -2.56. The molecule has 2 aromatic rings. The topological polar surface area (TPSA) is 51.7 Å². The van der Waals surface area contributed by atoms with E-state index in [4.69, 9.17) is 9.47 Å². The lowest BCUT2D eigenvalue weighted by Gasteiger charge is -2.35. The van der Waals surface area contributed by atoms with Gasteiger partial charge in [0.15, 0.2) is 11.5 Å². The van der Waals surface area contributed by atoms with Crippen LogP contribution in [0.5, 0.6) is 11.5 Å². The van der Waals surface area contributed by atoms with Crippen LogP contribution >= 0.6 is 0 Å². The summed E-state index contributed by atoms with van der Waals surface area (Å²) in [6.45, 7) is 3.26. The van der Waals surface area contributed by atoms with Crippen molar-refractivity contribution in [1.82, 2.24) is 9.88 Å². The molecule has 5 nitrogen and oxygen atoms in total. The monoisotopic (exact) mass is 340 g/mol. The number of ether oxygens (including phenoxy) is 2.